The number of nitrogens with zero attached hydrogens (tertiary/aromatic N) is 3. The number of aliphatic imine (C=N–C) groups is 1. The van der Waals surface area contributed by atoms with Gasteiger partial charge in [-0.05, 0) is 32.8 Å². The highest BCUT2D eigenvalue weighted by Gasteiger charge is 2.16. The zero-order valence-corrected chi connectivity index (χ0v) is 10.4. The van der Waals surface area contributed by atoms with Crippen molar-refractivity contribution in [2.75, 3.05) is 0 Å². The molecule has 0 atom stereocenters. The molecule has 1 aromatic rings. The summed E-state index contributed by atoms with van der Waals surface area (Å²) in [6.07, 6.45) is 4.83. The average Bonchev–Trinajstić information content (AvgIpc) is 2.82. The van der Waals surface area contributed by atoms with Crippen molar-refractivity contribution >= 4 is 5.84 Å². The van der Waals surface area contributed by atoms with Crippen LogP contribution in [0.2, 0.25) is 0 Å². The highest BCUT2D eigenvalue weighted by molar-refractivity contribution is 5.99. The van der Waals surface area contributed by atoms with Crippen LogP contribution >= 0.6 is 0 Å². The van der Waals surface area contributed by atoms with Crippen LogP contribution in [0.25, 0.3) is 0 Å². The second-order valence-corrected chi connectivity index (χ2v) is 4.55. The predicted molar refractivity (Wildman–Crippen MR) is 67.6 cm³/mol. The van der Waals surface area contributed by atoms with E-state index < -0.39 is 0 Å². The molecule has 1 heterocycles. The molecular formula is C12H19N5. The molecule has 92 valence electrons. The molecule has 1 saturated carbocycles. The second kappa shape index (κ2) is 5.23. The van der Waals surface area contributed by atoms with Crippen LogP contribution in [0.4, 0.5) is 0 Å². The molecule has 1 aliphatic rings. The van der Waals surface area contributed by atoms with Gasteiger partial charge in [-0.25, -0.2) is 5.84 Å². The van der Waals surface area contributed by atoms with Crippen molar-refractivity contribution in [3.63, 3.8) is 0 Å². The van der Waals surface area contributed by atoms with Crippen molar-refractivity contribution in [3.8, 4) is 0 Å². The zero-order valence-electron chi connectivity index (χ0n) is 10.4. The van der Waals surface area contributed by atoms with E-state index in [0.29, 0.717) is 6.04 Å². The van der Waals surface area contributed by atoms with Crippen LogP contribution in [-0.4, -0.2) is 22.1 Å². The minimum Gasteiger partial charge on any atom is -0.308 e. The van der Waals surface area contributed by atoms with Gasteiger partial charge < -0.3 is 5.43 Å². The van der Waals surface area contributed by atoms with Gasteiger partial charge in [0.25, 0.3) is 0 Å². The summed E-state index contributed by atoms with van der Waals surface area (Å²) in [5.41, 5.74) is 5.37. The maximum Gasteiger partial charge on any atom is 0.144 e. The van der Waals surface area contributed by atoms with Gasteiger partial charge in [0.05, 0.1) is 17.4 Å². The first-order valence-electron chi connectivity index (χ1n) is 6.06. The Bertz CT molecular complexity index is 421. The molecule has 0 unspecified atom stereocenters. The molecule has 0 aromatic carbocycles. The minimum atomic E-state index is 0.397. The first kappa shape index (κ1) is 12.0. The Morgan fingerprint density at radius 3 is 2.71 bits per heavy atom. The first-order chi connectivity index (χ1) is 8.20. The van der Waals surface area contributed by atoms with Gasteiger partial charge in [0, 0.05) is 5.56 Å². The predicted octanol–water partition coefficient (Wildman–Crippen LogP) is 1.25. The summed E-state index contributed by atoms with van der Waals surface area (Å²) in [5.74, 6) is 6.30. The molecule has 1 aliphatic carbocycles. The molecule has 5 nitrogen and oxygen atoms in total. The number of nitrogens with two attached hydrogens (primary N) is 1. The Morgan fingerprint density at radius 2 is 2.06 bits per heavy atom. The molecule has 5 heteroatoms. The number of aryl methyl sites for hydroxylation is 2. The fraction of sp³-hybridized carbons (Fsp3) is 0.583. The number of aromatic nitrogens is 2. The lowest BCUT2D eigenvalue weighted by atomic mass is 10.1. The maximum atomic E-state index is 5.57. The van der Waals surface area contributed by atoms with Gasteiger partial charge >= 0.3 is 0 Å². The number of rotatable bonds is 2. The third-order valence-electron chi connectivity index (χ3n) is 3.13. The summed E-state index contributed by atoms with van der Waals surface area (Å²) in [4.78, 5) is 4.68. The van der Waals surface area contributed by atoms with Crippen LogP contribution < -0.4 is 11.3 Å². The summed E-state index contributed by atoms with van der Waals surface area (Å²) >= 11 is 0. The van der Waals surface area contributed by atoms with Crippen molar-refractivity contribution in [1.82, 2.24) is 15.6 Å². The van der Waals surface area contributed by atoms with Crippen LogP contribution in [0.3, 0.4) is 0 Å². The number of hydrazine groups is 1. The molecule has 1 aromatic heterocycles. The third-order valence-corrected chi connectivity index (χ3v) is 3.13. The van der Waals surface area contributed by atoms with Gasteiger partial charge in [0.15, 0.2) is 0 Å². The van der Waals surface area contributed by atoms with Gasteiger partial charge in [0.1, 0.15) is 5.84 Å². The third kappa shape index (κ3) is 2.79. The van der Waals surface area contributed by atoms with Crippen LogP contribution in [0.5, 0.6) is 0 Å². The zero-order chi connectivity index (χ0) is 12.3. The fourth-order valence-electron chi connectivity index (χ4n) is 2.19. The second-order valence-electron chi connectivity index (χ2n) is 4.55. The van der Waals surface area contributed by atoms with Crippen molar-refractivity contribution < 1.29 is 0 Å². The monoisotopic (exact) mass is 233 g/mol. The smallest absolute Gasteiger partial charge is 0.144 e. The Balaban J connectivity index is 2.30. The Morgan fingerprint density at radius 1 is 1.35 bits per heavy atom. The van der Waals surface area contributed by atoms with E-state index in [-0.39, 0.29) is 0 Å². The van der Waals surface area contributed by atoms with E-state index in [4.69, 9.17) is 5.84 Å². The molecule has 0 radical (unpaired) electrons. The minimum absolute atomic E-state index is 0.397. The summed E-state index contributed by atoms with van der Waals surface area (Å²) in [5, 5.41) is 8.11. The van der Waals surface area contributed by atoms with E-state index in [9.17, 15) is 0 Å². The summed E-state index contributed by atoms with van der Waals surface area (Å²) < 4.78 is 0. The highest BCUT2D eigenvalue weighted by atomic mass is 15.3. The van der Waals surface area contributed by atoms with E-state index in [2.05, 4.69) is 20.6 Å². The number of amidine groups is 1. The molecular weight excluding hydrogens is 214 g/mol. The fourth-order valence-corrected chi connectivity index (χ4v) is 2.19. The SMILES string of the molecule is Cc1cc(C(=NC2CCCC2)NN)c(C)nn1. The van der Waals surface area contributed by atoms with Gasteiger partial charge in [-0.2, -0.15) is 10.2 Å². The highest BCUT2D eigenvalue weighted by Crippen LogP contribution is 2.21. The molecule has 0 amide bonds. The first-order valence-corrected chi connectivity index (χ1v) is 6.06. The molecule has 0 saturated heterocycles. The Kier molecular flexibility index (Phi) is 3.68. The van der Waals surface area contributed by atoms with Gasteiger partial charge in [-0.1, -0.05) is 12.8 Å². The average molecular weight is 233 g/mol. The quantitative estimate of drug-likeness (QED) is 0.349. The Hall–Kier alpha value is -1.49. The van der Waals surface area contributed by atoms with E-state index in [1.165, 1.54) is 12.8 Å². The largest absolute Gasteiger partial charge is 0.308 e. The van der Waals surface area contributed by atoms with E-state index in [1.54, 1.807) is 0 Å². The van der Waals surface area contributed by atoms with Crippen LogP contribution in [0, 0.1) is 13.8 Å². The van der Waals surface area contributed by atoms with E-state index in [1.807, 2.05) is 19.9 Å². The van der Waals surface area contributed by atoms with Gasteiger partial charge in [0.2, 0.25) is 0 Å². The van der Waals surface area contributed by atoms with Crippen molar-refractivity contribution in [2.45, 2.75) is 45.6 Å². The summed E-state index contributed by atoms with van der Waals surface area (Å²) in [6, 6.07) is 2.37. The number of hydrogen-bond donors (Lipinski definition) is 2. The van der Waals surface area contributed by atoms with Crippen molar-refractivity contribution in [2.24, 2.45) is 10.8 Å². The van der Waals surface area contributed by atoms with Crippen molar-refractivity contribution in [1.29, 1.82) is 0 Å². The summed E-state index contributed by atoms with van der Waals surface area (Å²) in [6.45, 7) is 3.84. The van der Waals surface area contributed by atoms with Crippen LogP contribution in [-0.2, 0) is 0 Å². The summed E-state index contributed by atoms with van der Waals surface area (Å²) in [7, 11) is 0. The molecule has 0 bridgehead atoms. The topological polar surface area (TPSA) is 76.2 Å². The number of hydrogen-bond acceptors (Lipinski definition) is 4. The van der Waals surface area contributed by atoms with Crippen LogP contribution in [0.1, 0.15) is 42.6 Å². The normalized spacial score (nSPS) is 17.5. The molecule has 2 rings (SSSR count). The molecule has 3 N–H and O–H groups in total. The maximum absolute atomic E-state index is 5.57. The van der Waals surface area contributed by atoms with Gasteiger partial charge in [-0.3, -0.25) is 4.99 Å². The van der Waals surface area contributed by atoms with Gasteiger partial charge in [-0.15, -0.1) is 0 Å². The molecule has 17 heavy (non-hydrogen) atoms. The van der Waals surface area contributed by atoms with Crippen molar-refractivity contribution in [3.05, 3.63) is 23.0 Å². The lowest BCUT2D eigenvalue weighted by Gasteiger charge is -2.11. The van der Waals surface area contributed by atoms with E-state index in [0.717, 1.165) is 35.6 Å². The standard InChI is InChI=1S/C12H19N5/c1-8-7-11(9(2)17-16-8)12(15-13)14-10-5-3-4-6-10/h7,10H,3-6,13H2,1-2H3,(H,14,15). The molecule has 1 fully saturated rings. The number of nitrogens with one attached hydrogen (secondary N) is 1. The Labute approximate surface area is 102 Å². The lowest BCUT2D eigenvalue weighted by molar-refractivity contribution is 0.700. The molecule has 0 spiro atoms. The van der Waals surface area contributed by atoms with E-state index >= 15 is 0 Å². The lowest BCUT2D eigenvalue weighted by Crippen LogP contribution is -2.33. The molecule has 0 aliphatic heterocycles. The van der Waals surface area contributed by atoms with Crippen LogP contribution in [0.15, 0.2) is 11.1 Å².